The fourth-order valence-corrected chi connectivity index (χ4v) is 3.98. The van der Waals surface area contributed by atoms with Gasteiger partial charge >= 0.3 is 5.97 Å². The third kappa shape index (κ3) is 3.08. The van der Waals surface area contributed by atoms with Crippen molar-refractivity contribution in [2.45, 2.75) is 13.0 Å². The fraction of sp³-hybridized carbons (Fsp3) is 0.125. The third-order valence-electron chi connectivity index (χ3n) is 5.38. The number of H-pyrrole nitrogens is 1. The molecule has 0 unspecified atom stereocenters. The summed E-state index contributed by atoms with van der Waals surface area (Å²) >= 11 is 0. The van der Waals surface area contributed by atoms with E-state index in [1.54, 1.807) is 61.5 Å². The van der Waals surface area contributed by atoms with Crippen LogP contribution >= 0.6 is 0 Å². The number of carbonyl (C=O) groups excluding carboxylic acids is 2. The molecule has 7 nitrogen and oxygen atoms in total. The number of ether oxygens (including phenoxy) is 1. The molecule has 0 fully saturated rings. The summed E-state index contributed by atoms with van der Waals surface area (Å²) in [6, 6.07) is 15.4. The number of carbonyl (C=O) groups is 2. The normalized spacial score (nSPS) is 15.1. The minimum absolute atomic E-state index is 0.194. The average Bonchev–Trinajstić information content (AvgIpc) is 3.52. The second kappa shape index (κ2) is 7.81. The Morgan fingerprint density at radius 3 is 2.62 bits per heavy atom. The molecule has 0 aliphatic carbocycles. The highest BCUT2D eigenvalue weighted by atomic mass is 19.1. The molecule has 1 N–H and O–H groups in total. The lowest BCUT2D eigenvalue weighted by Gasteiger charge is -2.26. The topological polar surface area (TPSA) is 88.4 Å². The van der Waals surface area contributed by atoms with Crippen molar-refractivity contribution in [3.05, 3.63) is 95.1 Å². The molecule has 32 heavy (non-hydrogen) atoms. The average molecular weight is 431 g/mol. The SMILES string of the molecule is CCOC(=O)c1ccc(N2C(=O)c3n[nH]c(-c4ccco4)c3[C@@H]2c2ccccc2F)cc1. The second-order valence-electron chi connectivity index (χ2n) is 7.20. The third-order valence-corrected chi connectivity index (χ3v) is 5.38. The van der Waals surface area contributed by atoms with E-state index in [1.165, 1.54) is 17.2 Å². The number of anilines is 1. The predicted molar refractivity (Wildman–Crippen MR) is 114 cm³/mol. The highest BCUT2D eigenvalue weighted by Crippen LogP contribution is 2.45. The van der Waals surface area contributed by atoms with Crippen molar-refractivity contribution in [3.63, 3.8) is 0 Å². The van der Waals surface area contributed by atoms with Crippen molar-refractivity contribution < 1.29 is 23.1 Å². The van der Waals surface area contributed by atoms with Crippen molar-refractivity contribution in [2.75, 3.05) is 11.5 Å². The zero-order valence-corrected chi connectivity index (χ0v) is 17.0. The first-order valence-corrected chi connectivity index (χ1v) is 10.1. The minimum atomic E-state index is -0.772. The molecule has 1 amide bonds. The van der Waals surface area contributed by atoms with E-state index in [0.29, 0.717) is 33.8 Å². The van der Waals surface area contributed by atoms with Gasteiger partial charge in [-0.25, -0.2) is 9.18 Å². The van der Waals surface area contributed by atoms with Gasteiger partial charge in [0, 0.05) is 16.8 Å². The molecule has 4 aromatic rings. The summed E-state index contributed by atoms with van der Waals surface area (Å²) in [6.45, 7) is 1.99. The predicted octanol–water partition coefficient (Wildman–Crippen LogP) is 4.74. The number of aromatic nitrogens is 2. The molecule has 0 bridgehead atoms. The van der Waals surface area contributed by atoms with Crippen molar-refractivity contribution in [1.29, 1.82) is 0 Å². The second-order valence-corrected chi connectivity index (χ2v) is 7.20. The van der Waals surface area contributed by atoms with Crippen molar-refractivity contribution >= 4 is 17.6 Å². The van der Waals surface area contributed by atoms with Gasteiger partial charge in [-0.15, -0.1) is 0 Å². The van der Waals surface area contributed by atoms with Crippen LogP contribution in [-0.2, 0) is 4.74 Å². The smallest absolute Gasteiger partial charge is 0.338 e. The molecular formula is C24H18FN3O4. The number of aromatic amines is 1. The van der Waals surface area contributed by atoms with Gasteiger partial charge in [0.05, 0.1) is 24.5 Å². The van der Waals surface area contributed by atoms with Crippen LogP contribution in [0.4, 0.5) is 10.1 Å². The van der Waals surface area contributed by atoms with E-state index in [9.17, 15) is 14.0 Å². The molecule has 0 saturated carbocycles. The van der Waals surface area contributed by atoms with E-state index in [2.05, 4.69) is 10.2 Å². The summed E-state index contributed by atoms with van der Waals surface area (Å²) in [6.07, 6.45) is 1.52. The lowest BCUT2D eigenvalue weighted by atomic mass is 9.97. The summed E-state index contributed by atoms with van der Waals surface area (Å²) in [7, 11) is 0. The van der Waals surface area contributed by atoms with Gasteiger partial charge in [0.2, 0.25) is 0 Å². The van der Waals surface area contributed by atoms with Crippen LogP contribution in [0.5, 0.6) is 0 Å². The molecule has 2 aromatic carbocycles. The summed E-state index contributed by atoms with van der Waals surface area (Å²) in [5.41, 5.74) is 2.42. The largest absolute Gasteiger partial charge is 0.463 e. The molecular weight excluding hydrogens is 413 g/mol. The maximum atomic E-state index is 14.9. The quantitative estimate of drug-likeness (QED) is 0.461. The Morgan fingerprint density at radius 1 is 1.16 bits per heavy atom. The molecule has 0 radical (unpaired) electrons. The maximum Gasteiger partial charge on any atom is 0.338 e. The van der Waals surface area contributed by atoms with E-state index < -0.39 is 17.8 Å². The van der Waals surface area contributed by atoms with Crippen LogP contribution in [0.1, 0.15) is 44.9 Å². The van der Waals surface area contributed by atoms with Gasteiger partial charge in [-0.3, -0.25) is 14.8 Å². The molecule has 3 heterocycles. The number of hydrogen-bond acceptors (Lipinski definition) is 5. The maximum absolute atomic E-state index is 14.9. The Hall–Kier alpha value is -4.20. The van der Waals surface area contributed by atoms with Crippen LogP contribution < -0.4 is 4.90 Å². The number of esters is 1. The van der Waals surface area contributed by atoms with E-state index in [0.717, 1.165) is 0 Å². The van der Waals surface area contributed by atoms with Gasteiger partial charge in [0.1, 0.15) is 11.5 Å². The van der Waals surface area contributed by atoms with Crippen LogP contribution in [0.15, 0.2) is 71.3 Å². The van der Waals surface area contributed by atoms with Crippen LogP contribution in [0.3, 0.4) is 0 Å². The molecule has 1 atom stereocenters. The first-order chi connectivity index (χ1) is 15.6. The zero-order valence-electron chi connectivity index (χ0n) is 17.0. The number of nitrogens with one attached hydrogen (secondary N) is 1. The van der Waals surface area contributed by atoms with Crippen LogP contribution in [0, 0.1) is 5.82 Å². The molecule has 0 spiro atoms. The Kier molecular flexibility index (Phi) is 4.82. The van der Waals surface area contributed by atoms with E-state index >= 15 is 0 Å². The number of halogens is 1. The molecule has 1 aliphatic rings. The lowest BCUT2D eigenvalue weighted by Crippen LogP contribution is -2.29. The molecule has 8 heteroatoms. The van der Waals surface area contributed by atoms with Gasteiger partial charge < -0.3 is 9.15 Å². The van der Waals surface area contributed by atoms with Gasteiger partial charge in [-0.1, -0.05) is 18.2 Å². The van der Waals surface area contributed by atoms with Gasteiger partial charge in [0.15, 0.2) is 11.5 Å². The Balaban J connectivity index is 1.65. The molecule has 5 rings (SSSR count). The Labute approximate surface area is 182 Å². The summed E-state index contributed by atoms with van der Waals surface area (Å²) in [4.78, 5) is 26.9. The number of fused-ring (bicyclic) bond motifs is 1. The van der Waals surface area contributed by atoms with Crippen molar-refractivity contribution in [3.8, 4) is 11.5 Å². The van der Waals surface area contributed by atoms with Crippen LogP contribution in [0.2, 0.25) is 0 Å². The summed E-state index contributed by atoms with van der Waals surface area (Å²) in [5, 5.41) is 7.08. The Morgan fingerprint density at radius 2 is 1.94 bits per heavy atom. The molecule has 1 aliphatic heterocycles. The minimum Gasteiger partial charge on any atom is -0.463 e. The molecule has 0 saturated heterocycles. The number of benzene rings is 2. The highest BCUT2D eigenvalue weighted by molar-refractivity contribution is 6.11. The first kappa shape index (κ1) is 19.7. The van der Waals surface area contributed by atoms with E-state index in [-0.39, 0.29) is 18.2 Å². The molecule has 160 valence electrons. The number of furan rings is 1. The van der Waals surface area contributed by atoms with E-state index in [4.69, 9.17) is 9.15 Å². The standard InChI is InChI=1S/C24H18FN3O4/c1-2-31-24(30)14-9-11-15(12-10-14)28-22(16-6-3-4-7-17(16)25)19-20(18-8-5-13-32-18)26-27-21(19)23(28)29/h3-13,22H,2H2,1H3,(H,26,27)/t22-/m0/s1. The number of nitrogens with zero attached hydrogens (tertiary/aromatic N) is 2. The van der Waals surface area contributed by atoms with Crippen molar-refractivity contribution in [2.24, 2.45) is 0 Å². The van der Waals surface area contributed by atoms with Gasteiger partial charge in [0.25, 0.3) is 5.91 Å². The number of rotatable bonds is 5. The first-order valence-electron chi connectivity index (χ1n) is 10.1. The van der Waals surface area contributed by atoms with Crippen molar-refractivity contribution in [1.82, 2.24) is 10.2 Å². The fourth-order valence-electron chi connectivity index (χ4n) is 3.98. The van der Waals surface area contributed by atoms with E-state index in [1.807, 2.05) is 0 Å². The number of amides is 1. The lowest BCUT2D eigenvalue weighted by molar-refractivity contribution is 0.0526. The molecule has 2 aromatic heterocycles. The number of hydrogen-bond donors (Lipinski definition) is 1. The van der Waals surface area contributed by atoms with Crippen LogP contribution in [0.25, 0.3) is 11.5 Å². The zero-order chi connectivity index (χ0) is 22.2. The van der Waals surface area contributed by atoms with Gasteiger partial charge in [-0.2, -0.15) is 5.10 Å². The van der Waals surface area contributed by atoms with Gasteiger partial charge in [-0.05, 0) is 49.4 Å². The monoisotopic (exact) mass is 431 g/mol. The highest BCUT2D eigenvalue weighted by Gasteiger charge is 2.44. The summed E-state index contributed by atoms with van der Waals surface area (Å²) in [5.74, 6) is -0.790. The van der Waals surface area contributed by atoms with Crippen LogP contribution in [-0.4, -0.2) is 28.7 Å². The Bertz CT molecular complexity index is 1300. The summed E-state index contributed by atoms with van der Waals surface area (Å²) < 4.78 is 25.5.